The normalized spacial score (nSPS) is 11.9. The molecule has 4 aromatic rings. The summed E-state index contributed by atoms with van der Waals surface area (Å²) in [6, 6.07) is 9.71. The van der Waals surface area contributed by atoms with Crippen LogP contribution >= 0.6 is 7.82 Å². The predicted octanol–water partition coefficient (Wildman–Crippen LogP) is 3.49. The van der Waals surface area contributed by atoms with Crippen molar-refractivity contribution in [2.45, 2.75) is 32.9 Å². The third-order valence-corrected chi connectivity index (χ3v) is 5.95. The molecule has 0 aliphatic heterocycles. The van der Waals surface area contributed by atoms with Gasteiger partial charge in [0, 0.05) is 36.5 Å². The topological polar surface area (TPSA) is 167 Å². The van der Waals surface area contributed by atoms with E-state index in [1.807, 2.05) is 0 Å². The van der Waals surface area contributed by atoms with E-state index in [0.29, 0.717) is 34.7 Å². The standard InChI is InChI=1S/C24H23F3N5O7P/c1-15-19(29-7-6-20(15)37-13-24(25,26)27)12-36-22-5-4-16(11-30-22)9-17-10-21(39-31-17)18-3-2-8-32(23(18)28)14-38-40(33,34)35/h2-8,10-11,28H,9,12-14H2,1H3,(H2,33,34,35)/p+1. The average molecular weight is 582 g/mol. The number of nitrogens with two attached hydrogens (primary N) is 1. The highest BCUT2D eigenvalue weighted by Gasteiger charge is 2.29. The number of phosphoric acid groups is 1. The Labute approximate surface area is 225 Å². The second-order valence-corrected chi connectivity index (χ2v) is 9.70. The molecule has 0 aliphatic carbocycles. The van der Waals surface area contributed by atoms with Gasteiger partial charge in [-0.05, 0) is 30.7 Å². The van der Waals surface area contributed by atoms with Crippen molar-refractivity contribution in [3.63, 3.8) is 0 Å². The van der Waals surface area contributed by atoms with Crippen LogP contribution in [-0.2, 0) is 28.8 Å². The minimum Gasteiger partial charge on any atom is -0.484 e. The number of hydrogen-bond donors (Lipinski definition) is 3. The van der Waals surface area contributed by atoms with Crippen LogP contribution in [0.1, 0.15) is 22.5 Å². The number of halogens is 3. The molecule has 4 aromatic heterocycles. The Bertz CT molecular complexity index is 1510. The maximum Gasteiger partial charge on any atom is 0.472 e. The highest BCUT2D eigenvalue weighted by Crippen LogP contribution is 2.35. The molecule has 4 heterocycles. The number of rotatable bonds is 11. The number of aromatic nitrogens is 4. The molecule has 0 unspecified atom stereocenters. The highest BCUT2D eigenvalue weighted by atomic mass is 31.2. The van der Waals surface area contributed by atoms with Gasteiger partial charge in [0.15, 0.2) is 12.4 Å². The van der Waals surface area contributed by atoms with Crippen LogP contribution in [-0.4, -0.2) is 37.7 Å². The smallest absolute Gasteiger partial charge is 0.472 e. The van der Waals surface area contributed by atoms with Crippen molar-refractivity contribution in [2.24, 2.45) is 0 Å². The molecule has 0 saturated heterocycles. The van der Waals surface area contributed by atoms with Gasteiger partial charge in [0.05, 0.1) is 17.6 Å². The van der Waals surface area contributed by atoms with Crippen molar-refractivity contribution < 1.29 is 50.6 Å². The van der Waals surface area contributed by atoms with Gasteiger partial charge < -0.3 is 23.8 Å². The summed E-state index contributed by atoms with van der Waals surface area (Å²) in [4.78, 5) is 26.2. The number of nitrogens with zero attached hydrogens (tertiary/aromatic N) is 4. The van der Waals surface area contributed by atoms with Gasteiger partial charge in [-0.3, -0.25) is 10.7 Å². The molecule has 0 spiro atoms. The van der Waals surface area contributed by atoms with Crippen LogP contribution in [0.15, 0.2) is 59.5 Å². The first kappa shape index (κ1) is 29.0. The van der Waals surface area contributed by atoms with Gasteiger partial charge in [-0.1, -0.05) is 11.2 Å². The maximum atomic E-state index is 12.5. The maximum absolute atomic E-state index is 12.5. The fraction of sp³-hybridized carbons (Fsp3) is 0.250. The first-order valence-corrected chi connectivity index (χ1v) is 13.1. The molecule has 0 radical (unpaired) electrons. The van der Waals surface area contributed by atoms with Gasteiger partial charge in [0.25, 0.3) is 5.82 Å². The average Bonchev–Trinajstić information content (AvgIpc) is 3.35. The van der Waals surface area contributed by atoms with Crippen LogP contribution in [0.4, 0.5) is 19.0 Å². The Hall–Kier alpha value is -4.04. The fourth-order valence-corrected chi connectivity index (χ4v) is 3.79. The van der Waals surface area contributed by atoms with Crippen LogP contribution < -0.4 is 19.8 Å². The summed E-state index contributed by atoms with van der Waals surface area (Å²) in [6.45, 7) is -0.288. The van der Waals surface area contributed by atoms with Crippen molar-refractivity contribution in [2.75, 3.05) is 12.3 Å². The van der Waals surface area contributed by atoms with Crippen LogP contribution in [0.2, 0.25) is 0 Å². The van der Waals surface area contributed by atoms with Crippen molar-refractivity contribution in [1.29, 1.82) is 0 Å². The van der Waals surface area contributed by atoms with Crippen molar-refractivity contribution in [3.05, 3.63) is 77.5 Å². The molecule has 40 heavy (non-hydrogen) atoms. The van der Waals surface area contributed by atoms with E-state index < -0.39 is 27.3 Å². The Morgan fingerprint density at radius 1 is 1.15 bits per heavy atom. The number of phosphoric ester groups is 1. The van der Waals surface area contributed by atoms with Gasteiger partial charge in [0.1, 0.15) is 17.9 Å². The minimum absolute atomic E-state index is 0.0221. The Morgan fingerprint density at radius 3 is 2.65 bits per heavy atom. The summed E-state index contributed by atoms with van der Waals surface area (Å²) in [5.41, 5.74) is 8.76. The van der Waals surface area contributed by atoms with E-state index in [-0.39, 0.29) is 24.1 Å². The van der Waals surface area contributed by atoms with E-state index in [1.54, 1.807) is 43.5 Å². The second-order valence-electron chi connectivity index (χ2n) is 8.46. The monoisotopic (exact) mass is 582 g/mol. The minimum atomic E-state index is -4.68. The third kappa shape index (κ3) is 7.99. The summed E-state index contributed by atoms with van der Waals surface area (Å²) < 4.78 is 70.1. The summed E-state index contributed by atoms with van der Waals surface area (Å²) in [7, 11) is -4.68. The number of hydrogen-bond acceptors (Lipinski definition) is 9. The molecule has 12 nitrogen and oxygen atoms in total. The predicted molar refractivity (Wildman–Crippen MR) is 132 cm³/mol. The van der Waals surface area contributed by atoms with E-state index in [0.717, 1.165) is 5.56 Å². The molecular weight excluding hydrogens is 558 g/mol. The van der Waals surface area contributed by atoms with Crippen molar-refractivity contribution >= 4 is 13.6 Å². The molecule has 0 atom stereocenters. The summed E-state index contributed by atoms with van der Waals surface area (Å²) >= 11 is 0. The molecule has 0 amide bonds. The molecule has 212 valence electrons. The van der Waals surface area contributed by atoms with Gasteiger partial charge in [-0.25, -0.2) is 18.6 Å². The molecule has 0 aromatic carbocycles. The molecule has 0 bridgehead atoms. The zero-order valence-electron chi connectivity index (χ0n) is 20.9. The van der Waals surface area contributed by atoms with E-state index in [1.165, 1.54) is 23.0 Å². The van der Waals surface area contributed by atoms with Crippen LogP contribution in [0.5, 0.6) is 11.6 Å². The Kier molecular flexibility index (Phi) is 8.69. The molecular formula is C24H24F3N5O7P+. The molecule has 16 heteroatoms. The number of nitrogen functional groups attached to an aromatic ring is 1. The lowest BCUT2D eigenvalue weighted by atomic mass is 10.1. The van der Waals surface area contributed by atoms with Crippen LogP contribution in [0, 0.1) is 6.92 Å². The summed E-state index contributed by atoms with van der Waals surface area (Å²) in [6.07, 6.45) is 0.339. The van der Waals surface area contributed by atoms with E-state index in [9.17, 15) is 17.7 Å². The SMILES string of the molecule is Cc1c(OCC(F)(F)F)ccnc1COc1ccc(Cc2cc(-c3ccc[n+](COP(=O)(O)O)c3N)on2)cn1. The summed E-state index contributed by atoms with van der Waals surface area (Å²) in [5, 5.41) is 4.05. The molecule has 4 rings (SSSR count). The third-order valence-electron chi connectivity index (χ3n) is 5.49. The Balaban J connectivity index is 1.36. The quantitative estimate of drug-likeness (QED) is 0.175. The number of anilines is 1. The zero-order valence-corrected chi connectivity index (χ0v) is 21.8. The van der Waals surface area contributed by atoms with Crippen molar-refractivity contribution in [3.8, 4) is 23.0 Å². The van der Waals surface area contributed by atoms with Gasteiger partial charge in [0.2, 0.25) is 12.6 Å². The first-order chi connectivity index (χ1) is 18.9. The van der Waals surface area contributed by atoms with Gasteiger partial charge >= 0.3 is 14.0 Å². The lowest BCUT2D eigenvalue weighted by Gasteiger charge is -2.13. The molecule has 4 N–H and O–H groups in total. The largest absolute Gasteiger partial charge is 0.484 e. The van der Waals surface area contributed by atoms with E-state index in [2.05, 4.69) is 19.6 Å². The van der Waals surface area contributed by atoms with E-state index in [4.69, 9.17) is 29.5 Å². The number of alkyl halides is 3. The molecule has 0 fully saturated rings. The number of pyridine rings is 3. The van der Waals surface area contributed by atoms with Gasteiger partial charge in [-0.15, -0.1) is 0 Å². The van der Waals surface area contributed by atoms with Crippen LogP contribution in [0.25, 0.3) is 11.3 Å². The number of ether oxygens (including phenoxy) is 2. The van der Waals surface area contributed by atoms with Gasteiger partial charge in [-0.2, -0.15) is 13.2 Å². The first-order valence-electron chi connectivity index (χ1n) is 11.5. The summed E-state index contributed by atoms with van der Waals surface area (Å²) in [5.74, 6) is 0.855. The van der Waals surface area contributed by atoms with E-state index >= 15 is 0 Å². The molecule has 0 saturated carbocycles. The lowest BCUT2D eigenvalue weighted by Crippen LogP contribution is -2.38. The van der Waals surface area contributed by atoms with Crippen molar-refractivity contribution in [1.82, 2.24) is 15.1 Å². The van der Waals surface area contributed by atoms with Crippen LogP contribution in [0.3, 0.4) is 0 Å². The highest BCUT2D eigenvalue weighted by molar-refractivity contribution is 7.46. The second kappa shape index (κ2) is 12.0. The Morgan fingerprint density at radius 2 is 1.95 bits per heavy atom. The zero-order chi connectivity index (χ0) is 28.9. The molecule has 0 aliphatic rings. The fourth-order valence-electron chi connectivity index (χ4n) is 3.52. The lowest BCUT2D eigenvalue weighted by molar-refractivity contribution is -0.711.